The average molecular weight is 380 g/mol. The van der Waals surface area contributed by atoms with E-state index in [-0.39, 0.29) is 17.3 Å². The van der Waals surface area contributed by atoms with Crippen molar-refractivity contribution in [3.63, 3.8) is 0 Å². The molecule has 2 aromatic heterocycles. The number of benzene rings is 1. The Morgan fingerprint density at radius 3 is 2.86 bits per heavy atom. The second-order valence-electron chi connectivity index (χ2n) is 6.69. The van der Waals surface area contributed by atoms with Crippen molar-refractivity contribution in [3.8, 4) is 22.8 Å². The van der Waals surface area contributed by atoms with Crippen molar-refractivity contribution >= 4 is 11.8 Å². The molecule has 9 heteroatoms. The molecular weight excluding hydrogens is 360 g/mol. The Morgan fingerprint density at radius 1 is 1.25 bits per heavy atom. The van der Waals surface area contributed by atoms with Crippen molar-refractivity contribution in [3.05, 3.63) is 51.7 Å². The van der Waals surface area contributed by atoms with Gasteiger partial charge in [-0.2, -0.15) is 4.98 Å². The molecule has 0 saturated carbocycles. The molecule has 0 saturated heterocycles. The largest absolute Gasteiger partial charge is 0.504 e. The van der Waals surface area contributed by atoms with Crippen LogP contribution in [0, 0.1) is 13.8 Å². The third kappa shape index (κ3) is 3.34. The fourth-order valence-electron chi connectivity index (χ4n) is 3.27. The highest BCUT2D eigenvalue weighted by molar-refractivity contribution is 5.68. The first-order valence-corrected chi connectivity index (χ1v) is 8.82. The van der Waals surface area contributed by atoms with E-state index in [9.17, 15) is 9.90 Å². The number of hydrogen-bond acceptors (Lipinski definition) is 8. The zero-order valence-corrected chi connectivity index (χ0v) is 15.6. The van der Waals surface area contributed by atoms with Gasteiger partial charge >= 0.3 is 0 Å². The predicted octanol–water partition coefficient (Wildman–Crippen LogP) is 1.53. The van der Waals surface area contributed by atoms with Gasteiger partial charge in [0.2, 0.25) is 5.95 Å². The molecule has 3 aromatic rings. The number of fused-ring (bicyclic) bond motifs is 1. The SMILES string of the molecule is Cc1cnc(C)c(-c2cc(O)c3c(c2)CN(c2cc(=O)[nH]c(N)n2)CCO3)n1. The second kappa shape index (κ2) is 6.84. The number of nitrogen functional groups attached to an aromatic ring is 1. The quantitative estimate of drug-likeness (QED) is 0.610. The van der Waals surface area contributed by atoms with Crippen LogP contribution in [0.2, 0.25) is 0 Å². The number of ether oxygens (including phenoxy) is 1. The Hall–Kier alpha value is -3.62. The summed E-state index contributed by atoms with van der Waals surface area (Å²) in [6.45, 7) is 4.95. The predicted molar refractivity (Wildman–Crippen MR) is 104 cm³/mol. The van der Waals surface area contributed by atoms with E-state index in [0.29, 0.717) is 37.0 Å². The van der Waals surface area contributed by atoms with Gasteiger partial charge in [-0.15, -0.1) is 0 Å². The van der Waals surface area contributed by atoms with Crippen molar-refractivity contribution in [1.82, 2.24) is 19.9 Å². The molecule has 0 spiro atoms. The molecule has 0 amide bonds. The molecule has 0 radical (unpaired) electrons. The fourth-order valence-corrected chi connectivity index (χ4v) is 3.27. The van der Waals surface area contributed by atoms with E-state index in [4.69, 9.17) is 10.5 Å². The maximum atomic E-state index is 11.8. The summed E-state index contributed by atoms with van der Waals surface area (Å²) in [4.78, 5) is 29.2. The number of rotatable bonds is 2. The third-order valence-corrected chi connectivity index (χ3v) is 4.53. The number of aryl methyl sites for hydroxylation is 2. The third-order valence-electron chi connectivity index (χ3n) is 4.53. The first-order valence-electron chi connectivity index (χ1n) is 8.82. The number of aromatic amines is 1. The molecule has 1 aliphatic rings. The molecule has 0 aliphatic carbocycles. The monoisotopic (exact) mass is 380 g/mol. The normalized spacial score (nSPS) is 13.6. The smallest absolute Gasteiger partial charge is 0.254 e. The first-order chi connectivity index (χ1) is 13.4. The molecule has 0 bridgehead atoms. The summed E-state index contributed by atoms with van der Waals surface area (Å²) in [6, 6.07) is 4.94. The van der Waals surface area contributed by atoms with Crippen molar-refractivity contribution < 1.29 is 9.84 Å². The summed E-state index contributed by atoms with van der Waals surface area (Å²) in [5.41, 5.74) is 9.11. The number of nitrogens with zero attached hydrogens (tertiary/aromatic N) is 4. The van der Waals surface area contributed by atoms with Crippen LogP contribution >= 0.6 is 0 Å². The second-order valence-corrected chi connectivity index (χ2v) is 6.69. The van der Waals surface area contributed by atoms with Crippen LogP contribution < -0.4 is 20.9 Å². The average Bonchev–Trinajstić information content (AvgIpc) is 2.86. The number of hydrogen-bond donors (Lipinski definition) is 3. The molecule has 9 nitrogen and oxygen atoms in total. The van der Waals surface area contributed by atoms with E-state index in [0.717, 1.165) is 22.5 Å². The summed E-state index contributed by atoms with van der Waals surface area (Å²) < 4.78 is 5.76. The number of H-pyrrole nitrogens is 1. The van der Waals surface area contributed by atoms with E-state index in [1.54, 1.807) is 12.3 Å². The molecule has 1 aromatic carbocycles. The zero-order chi connectivity index (χ0) is 19.8. The maximum absolute atomic E-state index is 11.8. The van der Waals surface area contributed by atoms with E-state index in [2.05, 4.69) is 19.9 Å². The minimum atomic E-state index is -0.324. The molecule has 1 aliphatic heterocycles. The lowest BCUT2D eigenvalue weighted by molar-refractivity contribution is 0.311. The van der Waals surface area contributed by atoms with Crippen LogP contribution in [0.3, 0.4) is 0 Å². The highest BCUT2D eigenvalue weighted by Gasteiger charge is 2.22. The van der Waals surface area contributed by atoms with Crippen LogP contribution in [0.1, 0.15) is 17.0 Å². The van der Waals surface area contributed by atoms with Gasteiger partial charge in [0.25, 0.3) is 5.56 Å². The van der Waals surface area contributed by atoms with Crippen molar-refractivity contribution in [2.75, 3.05) is 23.8 Å². The number of nitrogens with two attached hydrogens (primary N) is 1. The van der Waals surface area contributed by atoms with E-state index >= 15 is 0 Å². The topological polar surface area (TPSA) is 130 Å². The van der Waals surface area contributed by atoms with E-state index in [1.165, 1.54) is 6.07 Å². The molecule has 144 valence electrons. The minimum absolute atomic E-state index is 0.0374. The van der Waals surface area contributed by atoms with Crippen LogP contribution in [0.4, 0.5) is 11.8 Å². The molecule has 0 unspecified atom stereocenters. The summed E-state index contributed by atoms with van der Waals surface area (Å²) >= 11 is 0. The van der Waals surface area contributed by atoms with Gasteiger partial charge in [0, 0.05) is 29.9 Å². The van der Waals surface area contributed by atoms with Crippen LogP contribution in [-0.4, -0.2) is 38.2 Å². The highest BCUT2D eigenvalue weighted by atomic mass is 16.5. The van der Waals surface area contributed by atoms with Gasteiger partial charge in [-0.05, 0) is 26.0 Å². The van der Waals surface area contributed by atoms with E-state index in [1.807, 2.05) is 24.8 Å². The molecule has 4 N–H and O–H groups in total. The number of phenolic OH excluding ortho intramolecular Hbond substituents is 1. The number of aromatic nitrogens is 4. The van der Waals surface area contributed by atoms with Crippen LogP contribution in [0.5, 0.6) is 11.5 Å². The van der Waals surface area contributed by atoms with Gasteiger partial charge in [0.05, 0.1) is 23.6 Å². The summed E-state index contributed by atoms with van der Waals surface area (Å²) in [6.07, 6.45) is 1.70. The maximum Gasteiger partial charge on any atom is 0.254 e. The number of phenols is 1. The van der Waals surface area contributed by atoms with Crippen LogP contribution in [0.15, 0.2) is 29.2 Å². The van der Waals surface area contributed by atoms with Crippen molar-refractivity contribution in [1.29, 1.82) is 0 Å². The Bertz CT molecular complexity index is 1110. The van der Waals surface area contributed by atoms with Gasteiger partial charge in [-0.25, -0.2) is 4.98 Å². The summed E-state index contributed by atoms with van der Waals surface area (Å²) in [5.74, 6) is 0.960. The lowest BCUT2D eigenvalue weighted by Gasteiger charge is -2.21. The standard InChI is InChI=1S/C19H20N6O3/c1-10-8-21-11(2)17(22-10)12-5-13-9-25(3-4-28-18(13)14(26)6-12)15-7-16(27)24-19(20)23-15/h5-8,26H,3-4,9H2,1-2H3,(H3,20,23,24,27). The highest BCUT2D eigenvalue weighted by Crippen LogP contribution is 2.38. The van der Waals surface area contributed by atoms with Gasteiger partial charge in [-0.3, -0.25) is 14.8 Å². The molecular formula is C19H20N6O3. The molecule has 4 rings (SSSR count). The summed E-state index contributed by atoms with van der Waals surface area (Å²) in [7, 11) is 0. The zero-order valence-electron chi connectivity index (χ0n) is 15.6. The van der Waals surface area contributed by atoms with Crippen LogP contribution in [-0.2, 0) is 6.54 Å². The summed E-state index contributed by atoms with van der Waals surface area (Å²) in [5, 5.41) is 10.5. The Morgan fingerprint density at radius 2 is 2.07 bits per heavy atom. The Balaban J connectivity index is 1.78. The minimum Gasteiger partial charge on any atom is -0.504 e. The van der Waals surface area contributed by atoms with E-state index < -0.39 is 0 Å². The number of anilines is 2. The van der Waals surface area contributed by atoms with Crippen molar-refractivity contribution in [2.24, 2.45) is 0 Å². The van der Waals surface area contributed by atoms with Gasteiger partial charge in [0.15, 0.2) is 11.5 Å². The Labute approximate surface area is 160 Å². The molecule has 3 heterocycles. The van der Waals surface area contributed by atoms with Gasteiger partial charge in [-0.1, -0.05) is 0 Å². The van der Waals surface area contributed by atoms with Gasteiger partial charge in [0.1, 0.15) is 12.4 Å². The van der Waals surface area contributed by atoms with Gasteiger partial charge < -0.3 is 20.5 Å². The number of nitrogens with one attached hydrogen (secondary N) is 1. The molecule has 0 atom stereocenters. The van der Waals surface area contributed by atoms with Crippen LogP contribution in [0.25, 0.3) is 11.3 Å². The first kappa shape index (κ1) is 17.8. The lowest BCUT2D eigenvalue weighted by atomic mass is 10.0. The fraction of sp³-hybridized carbons (Fsp3) is 0.263. The Kier molecular flexibility index (Phi) is 4.34. The molecule has 28 heavy (non-hydrogen) atoms. The lowest BCUT2D eigenvalue weighted by Crippen LogP contribution is -2.28. The number of aromatic hydroxyl groups is 1. The van der Waals surface area contributed by atoms with Crippen molar-refractivity contribution in [2.45, 2.75) is 20.4 Å². The molecule has 0 fully saturated rings.